The minimum atomic E-state index is -0.216. The minimum absolute atomic E-state index is 0.216. The van der Waals surface area contributed by atoms with E-state index in [4.69, 9.17) is 20.6 Å². The van der Waals surface area contributed by atoms with Gasteiger partial charge in [-0.1, -0.05) is 18.1 Å². The molecule has 0 aliphatic carbocycles. The van der Waals surface area contributed by atoms with Crippen LogP contribution in [0.2, 0.25) is 0 Å². The fraction of sp³-hybridized carbons (Fsp3) is 0.304. The van der Waals surface area contributed by atoms with Gasteiger partial charge >= 0.3 is 0 Å². The van der Waals surface area contributed by atoms with E-state index >= 15 is 0 Å². The van der Waals surface area contributed by atoms with Crippen LogP contribution in [0.1, 0.15) is 22.6 Å². The monoisotopic (exact) mass is 407 g/mol. The van der Waals surface area contributed by atoms with Crippen LogP contribution in [0, 0.1) is 12.3 Å². The first kappa shape index (κ1) is 21.1. The zero-order chi connectivity index (χ0) is 21.5. The molecule has 0 aliphatic rings. The predicted octanol–water partition coefficient (Wildman–Crippen LogP) is 3.06. The zero-order valence-electron chi connectivity index (χ0n) is 17.4. The molecule has 0 bridgehead atoms. The molecule has 7 nitrogen and oxygen atoms in total. The van der Waals surface area contributed by atoms with Crippen molar-refractivity contribution in [3.63, 3.8) is 0 Å². The summed E-state index contributed by atoms with van der Waals surface area (Å²) in [7, 11) is 4.55. The molecule has 0 fully saturated rings. The lowest BCUT2D eigenvalue weighted by molar-refractivity contribution is 0.0952. The smallest absolute Gasteiger partial charge is 0.251 e. The number of nitrogens with one attached hydrogen (secondary N) is 1. The number of benzene rings is 2. The topological polar surface area (TPSA) is 74.6 Å². The molecule has 30 heavy (non-hydrogen) atoms. The molecule has 1 heterocycles. The van der Waals surface area contributed by atoms with Gasteiger partial charge in [0.15, 0.2) is 11.5 Å². The Morgan fingerprint density at radius 2 is 1.83 bits per heavy atom. The first-order chi connectivity index (χ1) is 14.6. The number of imidazole rings is 1. The number of hydrogen-bond donors (Lipinski definition) is 1. The Bertz CT molecular complexity index is 1060. The average molecular weight is 407 g/mol. The van der Waals surface area contributed by atoms with E-state index in [9.17, 15) is 4.79 Å². The molecule has 1 aromatic heterocycles. The number of terminal acetylenes is 1. The van der Waals surface area contributed by atoms with Gasteiger partial charge in [0.1, 0.15) is 5.82 Å². The highest BCUT2D eigenvalue weighted by atomic mass is 16.5. The molecule has 0 saturated carbocycles. The molecule has 0 unspecified atom stereocenters. The number of carbonyl (C=O) groups excluding carboxylic acids is 1. The number of para-hydroxylation sites is 2. The largest absolute Gasteiger partial charge is 0.493 e. The van der Waals surface area contributed by atoms with E-state index in [1.54, 1.807) is 12.1 Å². The van der Waals surface area contributed by atoms with Crippen LogP contribution in [0.3, 0.4) is 0 Å². The van der Waals surface area contributed by atoms with Gasteiger partial charge in [0.2, 0.25) is 5.75 Å². The van der Waals surface area contributed by atoms with E-state index in [1.807, 2.05) is 28.8 Å². The number of nitrogens with zero attached hydrogens (tertiary/aromatic N) is 2. The van der Waals surface area contributed by atoms with E-state index in [2.05, 4.69) is 16.2 Å². The number of hydrogen-bond acceptors (Lipinski definition) is 5. The van der Waals surface area contributed by atoms with Crippen molar-refractivity contribution >= 4 is 16.9 Å². The molecule has 0 saturated heterocycles. The van der Waals surface area contributed by atoms with Crippen molar-refractivity contribution in [1.82, 2.24) is 14.9 Å². The van der Waals surface area contributed by atoms with Gasteiger partial charge in [-0.3, -0.25) is 4.79 Å². The second-order valence-electron chi connectivity index (χ2n) is 6.58. The van der Waals surface area contributed by atoms with Gasteiger partial charge in [-0.25, -0.2) is 4.98 Å². The number of rotatable bonds is 9. The number of ether oxygens (including phenoxy) is 3. The van der Waals surface area contributed by atoms with Gasteiger partial charge in [0, 0.05) is 18.5 Å². The summed E-state index contributed by atoms with van der Waals surface area (Å²) in [6.07, 6.45) is 6.95. The van der Waals surface area contributed by atoms with Crippen molar-refractivity contribution < 1.29 is 19.0 Å². The van der Waals surface area contributed by atoms with Crippen molar-refractivity contribution in [2.75, 3.05) is 27.9 Å². The van der Waals surface area contributed by atoms with Crippen molar-refractivity contribution in [3.8, 4) is 29.6 Å². The number of methoxy groups -OCH3 is 3. The van der Waals surface area contributed by atoms with Crippen LogP contribution in [-0.2, 0) is 13.0 Å². The summed E-state index contributed by atoms with van der Waals surface area (Å²) in [6.45, 7) is 0.961. The average Bonchev–Trinajstić information content (AvgIpc) is 3.13. The molecule has 0 spiro atoms. The second-order valence-corrected chi connectivity index (χ2v) is 6.58. The highest BCUT2D eigenvalue weighted by molar-refractivity contribution is 5.95. The van der Waals surface area contributed by atoms with E-state index in [1.165, 1.54) is 21.3 Å². The molecule has 3 aromatic rings. The maximum absolute atomic E-state index is 12.6. The van der Waals surface area contributed by atoms with Gasteiger partial charge in [-0.05, 0) is 30.7 Å². The Morgan fingerprint density at radius 3 is 2.47 bits per heavy atom. The van der Waals surface area contributed by atoms with Crippen molar-refractivity contribution in [3.05, 3.63) is 47.8 Å². The molecule has 2 aromatic carbocycles. The highest BCUT2D eigenvalue weighted by Gasteiger charge is 2.17. The second kappa shape index (κ2) is 9.70. The molecule has 0 aliphatic heterocycles. The number of aryl methyl sites for hydroxylation is 1. The fourth-order valence-electron chi connectivity index (χ4n) is 3.35. The molecule has 1 amide bonds. The van der Waals surface area contributed by atoms with E-state index in [0.717, 1.165) is 23.3 Å². The first-order valence-electron chi connectivity index (χ1n) is 9.58. The van der Waals surface area contributed by atoms with Crippen LogP contribution in [-0.4, -0.2) is 43.3 Å². The normalized spacial score (nSPS) is 10.5. The SMILES string of the molecule is C#CCn1c(CCCNC(=O)c2cc(OC)c(OC)c(OC)c2)nc2ccccc21. The Hall–Kier alpha value is -3.66. The predicted molar refractivity (Wildman–Crippen MR) is 115 cm³/mol. The summed E-state index contributed by atoms with van der Waals surface area (Å²) < 4.78 is 17.9. The van der Waals surface area contributed by atoms with Gasteiger partial charge in [-0.15, -0.1) is 6.42 Å². The van der Waals surface area contributed by atoms with E-state index < -0.39 is 0 Å². The number of carbonyl (C=O) groups is 1. The van der Waals surface area contributed by atoms with Crippen molar-refractivity contribution in [1.29, 1.82) is 0 Å². The Labute approximate surface area is 176 Å². The third kappa shape index (κ3) is 4.33. The van der Waals surface area contributed by atoms with Gasteiger partial charge < -0.3 is 24.1 Å². The van der Waals surface area contributed by atoms with E-state index in [0.29, 0.717) is 42.3 Å². The van der Waals surface area contributed by atoms with Gasteiger partial charge in [0.25, 0.3) is 5.91 Å². The van der Waals surface area contributed by atoms with Crippen LogP contribution in [0.4, 0.5) is 0 Å². The molecule has 0 atom stereocenters. The summed E-state index contributed by atoms with van der Waals surface area (Å²) >= 11 is 0. The first-order valence-corrected chi connectivity index (χ1v) is 9.58. The minimum Gasteiger partial charge on any atom is -0.493 e. The number of amides is 1. The quantitative estimate of drug-likeness (QED) is 0.436. The van der Waals surface area contributed by atoms with Crippen molar-refractivity contribution in [2.45, 2.75) is 19.4 Å². The lowest BCUT2D eigenvalue weighted by Crippen LogP contribution is -2.25. The highest BCUT2D eigenvalue weighted by Crippen LogP contribution is 2.38. The summed E-state index contributed by atoms with van der Waals surface area (Å²) in [6, 6.07) is 11.2. The molecule has 0 radical (unpaired) electrons. The van der Waals surface area contributed by atoms with E-state index in [-0.39, 0.29) is 5.91 Å². The standard InChI is InChI=1S/C23H25N3O4/c1-5-13-26-18-10-7-6-9-17(18)25-21(26)11-8-12-24-23(27)16-14-19(28-2)22(30-4)20(15-16)29-3/h1,6-7,9-10,14-15H,8,11-13H2,2-4H3,(H,24,27). The lowest BCUT2D eigenvalue weighted by Gasteiger charge is -2.14. The summed E-state index contributed by atoms with van der Waals surface area (Å²) in [5, 5.41) is 2.93. The lowest BCUT2D eigenvalue weighted by atomic mass is 10.1. The van der Waals surface area contributed by atoms with Gasteiger partial charge in [0.05, 0.1) is 38.9 Å². The maximum atomic E-state index is 12.6. The number of fused-ring (bicyclic) bond motifs is 1. The molecule has 156 valence electrons. The van der Waals surface area contributed by atoms with Crippen LogP contribution in [0.25, 0.3) is 11.0 Å². The third-order valence-corrected chi connectivity index (χ3v) is 4.77. The van der Waals surface area contributed by atoms with Crippen LogP contribution in [0.15, 0.2) is 36.4 Å². The third-order valence-electron chi connectivity index (χ3n) is 4.77. The van der Waals surface area contributed by atoms with Crippen LogP contribution < -0.4 is 19.5 Å². The summed E-state index contributed by atoms with van der Waals surface area (Å²) in [5.41, 5.74) is 2.38. The van der Waals surface area contributed by atoms with Crippen LogP contribution >= 0.6 is 0 Å². The molecular formula is C23H25N3O4. The van der Waals surface area contributed by atoms with Crippen molar-refractivity contribution in [2.24, 2.45) is 0 Å². The fourth-order valence-corrected chi connectivity index (χ4v) is 3.35. The Balaban J connectivity index is 1.65. The maximum Gasteiger partial charge on any atom is 0.251 e. The van der Waals surface area contributed by atoms with Gasteiger partial charge in [-0.2, -0.15) is 0 Å². The van der Waals surface area contributed by atoms with Crippen LogP contribution in [0.5, 0.6) is 17.2 Å². The Morgan fingerprint density at radius 1 is 1.13 bits per heavy atom. The molecule has 7 heteroatoms. The molecule has 3 rings (SSSR count). The zero-order valence-corrected chi connectivity index (χ0v) is 17.4. The summed E-state index contributed by atoms with van der Waals surface area (Å²) in [4.78, 5) is 17.3. The Kier molecular flexibility index (Phi) is 6.81. The number of aromatic nitrogens is 2. The molecule has 1 N–H and O–H groups in total. The summed E-state index contributed by atoms with van der Waals surface area (Å²) in [5.74, 6) is 4.70. The molecular weight excluding hydrogens is 382 g/mol.